The van der Waals surface area contributed by atoms with Crippen LogP contribution in [0.1, 0.15) is 36.9 Å². The predicted molar refractivity (Wildman–Crippen MR) is 111 cm³/mol. The number of aryl methyl sites for hydroxylation is 2. The zero-order valence-corrected chi connectivity index (χ0v) is 17.3. The maximum atomic E-state index is 13.0. The van der Waals surface area contributed by atoms with Crippen molar-refractivity contribution in [3.05, 3.63) is 48.0 Å². The van der Waals surface area contributed by atoms with E-state index in [2.05, 4.69) is 15.4 Å². The van der Waals surface area contributed by atoms with Gasteiger partial charge in [0.05, 0.1) is 18.4 Å². The number of carbonyl (C=O) groups excluding carboxylic acids is 1. The van der Waals surface area contributed by atoms with Gasteiger partial charge >= 0.3 is 0 Å². The topological polar surface area (TPSA) is 63.1 Å². The van der Waals surface area contributed by atoms with Crippen LogP contribution in [0.5, 0.6) is 0 Å². The first-order valence-corrected chi connectivity index (χ1v) is 9.11. The van der Waals surface area contributed by atoms with Crippen molar-refractivity contribution in [1.29, 1.82) is 0 Å². The second kappa shape index (κ2) is 12.0. The minimum Gasteiger partial charge on any atom is -0.334 e. The summed E-state index contributed by atoms with van der Waals surface area (Å²) in [5.41, 5.74) is 2.07. The molecule has 0 aromatic carbocycles. The van der Waals surface area contributed by atoms with Crippen LogP contribution in [0.2, 0.25) is 0 Å². The average Bonchev–Trinajstić information content (AvgIpc) is 2.87. The molecule has 6 nitrogen and oxygen atoms in total. The number of halogens is 2. The van der Waals surface area contributed by atoms with E-state index in [0.717, 1.165) is 43.6 Å². The van der Waals surface area contributed by atoms with Gasteiger partial charge in [0.1, 0.15) is 0 Å². The number of nitrogens with zero attached hydrogens (tertiary/aromatic N) is 4. The van der Waals surface area contributed by atoms with Gasteiger partial charge in [0.2, 0.25) is 5.91 Å². The van der Waals surface area contributed by atoms with Gasteiger partial charge in [0, 0.05) is 31.4 Å². The highest BCUT2D eigenvalue weighted by Crippen LogP contribution is 2.18. The third kappa shape index (κ3) is 7.13. The van der Waals surface area contributed by atoms with Gasteiger partial charge < -0.3 is 10.2 Å². The van der Waals surface area contributed by atoms with Crippen LogP contribution in [0.3, 0.4) is 0 Å². The molecule has 1 N–H and O–H groups in total. The van der Waals surface area contributed by atoms with Crippen molar-refractivity contribution in [3.63, 3.8) is 0 Å². The Labute approximate surface area is 173 Å². The van der Waals surface area contributed by atoms with Crippen LogP contribution in [0, 0.1) is 6.92 Å². The summed E-state index contributed by atoms with van der Waals surface area (Å²) in [7, 11) is 0. The number of carbonyl (C=O) groups is 1. The molecule has 0 saturated carbocycles. The Kier molecular flexibility index (Phi) is 10.4. The SMILES string of the molecule is Cc1cnn(CCC(=O)N(Cc2ccccn2)C2CCCNCC2)c1.Cl.Cl. The number of hydrogen-bond donors (Lipinski definition) is 1. The molecule has 3 rings (SSSR count). The lowest BCUT2D eigenvalue weighted by Gasteiger charge is -2.31. The molecule has 150 valence electrons. The molecule has 1 amide bonds. The molecule has 8 heteroatoms. The predicted octanol–water partition coefficient (Wildman–Crippen LogP) is 2.99. The summed E-state index contributed by atoms with van der Waals surface area (Å²) in [6, 6.07) is 6.16. The summed E-state index contributed by atoms with van der Waals surface area (Å²) in [5, 5.41) is 7.71. The molecule has 1 unspecified atom stereocenters. The fraction of sp³-hybridized carbons (Fsp3) is 0.526. The maximum absolute atomic E-state index is 13.0. The fourth-order valence-corrected chi connectivity index (χ4v) is 3.34. The van der Waals surface area contributed by atoms with Crippen molar-refractivity contribution < 1.29 is 4.79 Å². The van der Waals surface area contributed by atoms with Crippen LogP contribution < -0.4 is 5.32 Å². The minimum atomic E-state index is 0. The lowest BCUT2D eigenvalue weighted by molar-refractivity contribution is -0.134. The number of rotatable bonds is 6. The highest BCUT2D eigenvalue weighted by atomic mass is 35.5. The molecule has 1 aliphatic rings. The molecule has 1 fully saturated rings. The van der Waals surface area contributed by atoms with E-state index in [1.165, 1.54) is 0 Å². The third-order valence-electron chi connectivity index (χ3n) is 4.68. The van der Waals surface area contributed by atoms with Gasteiger partial charge in [0.15, 0.2) is 0 Å². The lowest BCUT2D eigenvalue weighted by Crippen LogP contribution is -2.41. The molecular formula is C19H29Cl2N5O. The first-order chi connectivity index (χ1) is 12.2. The number of aromatic nitrogens is 3. The van der Waals surface area contributed by atoms with Crippen LogP contribution >= 0.6 is 24.8 Å². The highest BCUT2D eigenvalue weighted by Gasteiger charge is 2.25. The van der Waals surface area contributed by atoms with Crippen LogP contribution in [-0.4, -0.2) is 44.7 Å². The zero-order valence-electron chi connectivity index (χ0n) is 15.7. The Bertz CT molecular complexity index is 672. The largest absolute Gasteiger partial charge is 0.334 e. The quantitative estimate of drug-likeness (QED) is 0.790. The van der Waals surface area contributed by atoms with E-state index in [4.69, 9.17) is 0 Å². The standard InChI is InChI=1S/C19H27N5O.2ClH/c1-16-13-22-23(14-16)12-8-19(25)24(15-17-5-2-3-10-21-17)18-6-4-9-20-11-7-18;;/h2-3,5,10,13-14,18,20H,4,6-9,11-12,15H2,1H3;2*1H. The van der Waals surface area contributed by atoms with Crippen molar-refractivity contribution in [3.8, 4) is 0 Å². The Morgan fingerprint density at radius 3 is 2.85 bits per heavy atom. The Balaban J connectivity index is 0.00000182. The van der Waals surface area contributed by atoms with E-state index < -0.39 is 0 Å². The normalized spacial score (nSPS) is 16.6. The van der Waals surface area contributed by atoms with E-state index in [1.54, 1.807) is 6.20 Å². The third-order valence-corrected chi connectivity index (χ3v) is 4.68. The molecule has 1 aliphatic heterocycles. The van der Waals surface area contributed by atoms with Crippen molar-refractivity contribution in [2.24, 2.45) is 0 Å². The van der Waals surface area contributed by atoms with Crippen molar-refractivity contribution in [2.75, 3.05) is 13.1 Å². The smallest absolute Gasteiger partial charge is 0.225 e. The van der Waals surface area contributed by atoms with Crippen LogP contribution in [0.15, 0.2) is 36.8 Å². The van der Waals surface area contributed by atoms with Gasteiger partial charge in [-0.05, 0) is 57.0 Å². The summed E-state index contributed by atoms with van der Waals surface area (Å²) in [5.74, 6) is 0.186. The molecule has 3 heterocycles. The van der Waals surface area contributed by atoms with E-state index in [-0.39, 0.29) is 36.8 Å². The first-order valence-electron chi connectivity index (χ1n) is 9.11. The number of amides is 1. The van der Waals surface area contributed by atoms with Crippen molar-refractivity contribution in [2.45, 2.75) is 51.7 Å². The molecule has 0 bridgehead atoms. The highest BCUT2D eigenvalue weighted by molar-refractivity contribution is 5.85. The Morgan fingerprint density at radius 2 is 2.15 bits per heavy atom. The maximum Gasteiger partial charge on any atom is 0.225 e. The molecule has 0 spiro atoms. The summed E-state index contributed by atoms with van der Waals surface area (Å²) in [4.78, 5) is 19.4. The van der Waals surface area contributed by atoms with Gasteiger partial charge in [-0.2, -0.15) is 5.10 Å². The van der Waals surface area contributed by atoms with E-state index in [1.807, 2.05) is 47.1 Å². The molecule has 27 heavy (non-hydrogen) atoms. The lowest BCUT2D eigenvalue weighted by atomic mass is 10.1. The molecule has 1 atom stereocenters. The van der Waals surface area contributed by atoms with Crippen LogP contribution in [-0.2, 0) is 17.9 Å². The zero-order chi connectivity index (χ0) is 17.5. The summed E-state index contributed by atoms with van der Waals surface area (Å²) < 4.78 is 1.85. The van der Waals surface area contributed by atoms with E-state index >= 15 is 0 Å². The summed E-state index contributed by atoms with van der Waals surface area (Å²) in [6.07, 6.45) is 9.22. The summed E-state index contributed by atoms with van der Waals surface area (Å²) in [6.45, 7) is 5.22. The van der Waals surface area contributed by atoms with Gasteiger partial charge in [-0.25, -0.2) is 0 Å². The molecule has 2 aromatic heterocycles. The molecule has 1 saturated heterocycles. The van der Waals surface area contributed by atoms with Gasteiger partial charge in [-0.3, -0.25) is 14.5 Å². The molecular weight excluding hydrogens is 385 g/mol. The molecule has 0 aliphatic carbocycles. The van der Waals surface area contributed by atoms with Crippen molar-refractivity contribution in [1.82, 2.24) is 25.0 Å². The first kappa shape index (κ1) is 23.4. The number of hydrogen-bond acceptors (Lipinski definition) is 4. The van der Waals surface area contributed by atoms with Gasteiger partial charge in [-0.15, -0.1) is 24.8 Å². The summed E-state index contributed by atoms with van der Waals surface area (Å²) >= 11 is 0. The number of pyridine rings is 1. The molecule has 0 radical (unpaired) electrons. The fourth-order valence-electron chi connectivity index (χ4n) is 3.34. The Hall–Kier alpha value is -1.63. The second-order valence-electron chi connectivity index (χ2n) is 6.71. The Morgan fingerprint density at radius 1 is 1.30 bits per heavy atom. The van der Waals surface area contributed by atoms with Crippen LogP contribution in [0.4, 0.5) is 0 Å². The number of nitrogens with one attached hydrogen (secondary N) is 1. The molecule has 2 aromatic rings. The average molecular weight is 414 g/mol. The van der Waals surface area contributed by atoms with Crippen LogP contribution in [0.25, 0.3) is 0 Å². The van der Waals surface area contributed by atoms with E-state index in [9.17, 15) is 4.79 Å². The monoisotopic (exact) mass is 413 g/mol. The van der Waals surface area contributed by atoms with E-state index in [0.29, 0.717) is 19.5 Å². The minimum absolute atomic E-state index is 0. The van der Waals surface area contributed by atoms with Crippen molar-refractivity contribution >= 4 is 30.7 Å². The van der Waals surface area contributed by atoms with Gasteiger partial charge in [0.25, 0.3) is 0 Å². The second-order valence-corrected chi connectivity index (χ2v) is 6.71. The van der Waals surface area contributed by atoms with Gasteiger partial charge in [-0.1, -0.05) is 6.07 Å².